The first-order valence-electron chi connectivity index (χ1n) is 9.09. The zero-order valence-electron chi connectivity index (χ0n) is 13.8. The molecule has 3 fully saturated rings. The van der Waals surface area contributed by atoms with Crippen molar-refractivity contribution in [2.24, 2.45) is 11.8 Å². The molecule has 1 saturated heterocycles. The highest BCUT2D eigenvalue weighted by Gasteiger charge is 2.47. The van der Waals surface area contributed by atoms with Gasteiger partial charge in [-0.3, -0.25) is 4.79 Å². The summed E-state index contributed by atoms with van der Waals surface area (Å²) in [5, 5.41) is 0. The van der Waals surface area contributed by atoms with Crippen molar-refractivity contribution in [1.29, 1.82) is 0 Å². The molecule has 0 spiro atoms. The Morgan fingerprint density at radius 2 is 1.68 bits per heavy atom. The number of esters is 1. The lowest BCUT2D eigenvalue weighted by molar-refractivity contribution is -0.152. The molecule has 1 amide bonds. The van der Waals surface area contributed by atoms with Gasteiger partial charge in [0.05, 0.1) is 7.11 Å². The molecule has 0 aromatic rings. The van der Waals surface area contributed by atoms with Gasteiger partial charge in [-0.1, -0.05) is 32.1 Å². The minimum atomic E-state index is -0.325. The van der Waals surface area contributed by atoms with Crippen molar-refractivity contribution < 1.29 is 14.3 Å². The Balaban J connectivity index is 1.71. The highest BCUT2D eigenvalue weighted by molar-refractivity contribution is 5.85. The van der Waals surface area contributed by atoms with E-state index in [1.54, 1.807) is 0 Å². The van der Waals surface area contributed by atoms with E-state index in [-0.39, 0.29) is 24.0 Å². The molecular formula is C18H29NO3. The van der Waals surface area contributed by atoms with Crippen molar-refractivity contribution in [2.45, 2.75) is 82.7 Å². The molecular weight excluding hydrogens is 278 g/mol. The van der Waals surface area contributed by atoms with E-state index in [9.17, 15) is 9.59 Å². The molecule has 124 valence electrons. The molecule has 0 aromatic heterocycles. The van der Waals surface area contributed by atoms with Gasteiger partial charge in [-0.15, -0.1) is 0 Å². The third-order valence-electron chi connectivity index (χ3n) is 6.04. The predicted molar refractivity (Wildman–Crippen MR) is 84.2 cm³/mol. The highest BCUT2D eigenvalue weighted by atomic mass is 16.5. The van der Waals surface area contributed by atoms with Crippen molar-refractivity contribution >= 4 is 11.9 Å². The molecule has 4 nitrogen and oxygen atoms in total. The number of rotatable bonds is 3. The van der Waals surface area contributed by atoms with Gasteiger partial charge in [-0.05, 0) is 43.9 Å². The van der Waals surface area contributed by atoms with Crippen molar-refractivity contribution in [3.8, 4) is 0 Å². The molecule has 0 unspecified atom stereocenters. The summed E-state index contributed by atoms with van der Waals surface area (Å²) in [6.45, 7) is 0. The Morgan fingerprint density at radius 1 is 1.00 bits per heavy atom. The Labute approximate surface area is 133 Å². The smallest absolute Gasteiger partial charge is 0.328 e. The van der Waals surface area contributed by atoms with Crippen LogP contribution in [0.15, 0.2) is 0 Å². The van der Waals surface area contributed by atoms with Crippen LogP contribution in [0.3, 0.4) is 0 Å². The Kier molecular flexibility index (Phi) is 5.04. The summed E-state index contributed by atoms with van der Waals surface area (Å²) >= 11 is 0. The molecule has 4 heteroatoms. The van der Waals surface area contributed by atoms with E-state index in [0.717, 1.165) is 19.3 Å². The normalized spacial score (nSPS) is 32.6. The summed E-state index contributed by atoms with van der Waals surface area (Å²) in [7, 11) is 1.44. The summed E-state index contributed by atoms with van der Waals surface area (Å²) in [6.07, 6.45) is 12.3. The van der Waals surface area contributed by atoms with Gasteiger partial charge < -0.3 is 9.64 Å². The monoisotopic (exact) mass is 307 g/mol. The van der Waals surface area contributed by atoms with Crippen molar-refractivity contribution in [2.75, 3.05) is 7.11 Å². The third kappa shape index (κ3) is 3.16. The number of amides is 1. The van der Waals surface area contributed by atoms with Crippen LogP contribution in [-0.4, -0.2) is 36.0 Å². The summed E-state index contributed by atoms with van der Waals surface area (Å²) in [6, 6.07) is -0.0388. The molecule has 2 aliphatic carbocycles. The van der Waals surface area contributed by atoms with Crippen LogP contribution in [0.25, 0.3) is 0 Å². The van der Waals surface area contributed by atoms with Gasteiger partial charge in [-0.25, -0.2) is 4.79 Å². The minimum absolute atomic E-state index is 0.205. The zero-order valence-corrected chi connectivity index (χ0v) is 13.8. The highest BCUT2D eigenvalue weighted by Crippen LogP contribution is 2.41. The number of methoxy groups -OCH3 is 1. The van der Waals surface area contributed by atoms with Crippen LogP contribution in [0.2, 0.25) is 0 Å². The number of hydrogen-bond donors (Lipinski definition) is 0. The second-order valence-corrected chi connectivity index (χ2v) is 7.40. The third-order valence-corrected chi connectivity index (χ3v) is 6.04. The topological polar surface area (TPSA) is 46.6 Å². The molecule has 1 heterocycles. The van der Waals surface area contributed by atoms with E-state index in [4.69, 9.17) is 4.74 Å². The second kappa shape index (κ2) is 7.01. The van der Waals surface area contributed by atoms with Crippen LogP contribution < -0.4 is 0 Å². The molecule has 3 rings (SSSR count). The fourth-order valence-electron chi connectivity index (χ4n) is 4.91. The molecule has 3 aliphatic rings. The Bertz CT molecular complexity index is 417. The molecule has 22 heavy (non-hydrogen) atoms. The van der Waals surface area contributed by atoms with Crippen LogP contribution in [0.4, 0.5) is 0 Å². The molecule has 0 aromatic carbocycles. The van der Waals surface area contributed by atoms with Crippen LogP contribution in [0.5, 0.6) is 0 Å². The average molecular weight is 307 g/mol. The fraction of sp³-hybridized carbons (Fsp3) is 0.889. The van der Waals surface area contributed by atoms with Gasteiger partial charge in [0.25, 0.3) is 0 Å². The lowest BCUT2D eigenvalue weighted by Gasteiger charge is -2.34. The van der Waals surface area contributed by atoms with E-state index in [1.165, 1.54) is 52.1 Å². The number of carbonyl (C=O) groups is 2. The first-order chi connectivity index (χ1) is 10.7. The quantitative estimate of drug-likeness (QED) is 0.752. The lowest BCUT2D eigenvalue weighted by atomic mass is 9.84. The molecule has 0 bridgehead atoms. The van der Waals surface area contributed by atoms with Crippen molar-refractivity contribution in [3.63, 3.8) is 0 Å². The number of ether oxygens (including phenoxy) is 1. The molecule has 3 atom stereocenters. The summed E-state index contributed by atoms with van der Waals surface area (Å²) < 4.78 is 4.98. The first-order valence-corrected chi connectivity index (χ1v) is 9.09. The molecule has 0 radical (unpaired) electrons. The van der Waals surface area contributed by atoms with Gasteiger partial charge in [0.1, 0.15) is 6.04 Å². The fourth-order valence-corrected chi connectivity index (χ4v) is 4.91. The van der Waals surface area contributed by atoms with Crippen LogP contribution in [0, 0.1) is 11.8 Å². The minimum Gasteiger partial charge on any atom is -0.467 e. The summed E-state index contributed by atoms with van der Waals surface area (Å²) in [5.74, 6) is 1.03. The first kappa shape index (κ1) is 15.8. The maximum absolute atomic E-state index is 12.9. The standard InChI is InChI=1S/C18H29NO3/c1-22-18(21)16-12-14-9-5-6-10-15(14)19(16)17(20)11-13-7-3-2-4-8-13/h13-16H,2-12H2,1H3/t14-,15+,16+/m1/s1. The van der Waals surface area contributed by atoms with Crippen LogP contribution in [0.1, 0.15) is 70.6 Å². The van der Waals surface area contributed by atoms with Gasteiger partial charge in [-0.2, -0.15) is 0 Å². The SMILES string of the molecule is COC(=O)[C@@H]1C[C@H]2CCCC[C@@H]2N1C(=O)CC1CCCCC1. The molecule has 2 saturated carbocycles. The maximum Gasteiger partial charge on any atom is 0.328 e. The van der Waals surface area contributed by atoms with Gasteiger partial charge >= 0.3 is 5.97 Å². The number of carbonyl (C=O) groups excluding carboxylic acids is 2. The number of likely N-dealkylation sites (tertiary alicyclic amines) is 1. The van der Waals surface area contributed by atoms with E-state index < -0.39 is 0 Å². The van der Waals surface area contributed by atoms with E-state index in [0.29, 0.717) is 18.3 Å². The van der Waals surface area contributed by atoms with Crippen molar-refractivity contribution in [1.82, 2.24) is 4.90 Å². The van der Waals surface area contributed by atoms with Crippen molar-refractivity contribution in [3.05, 3.63) is 0 Å². The lowest BCUT2D eigenvalue weighted by Crippen LogP contribution is -2.47. The molecule has 1 aliphatic heterocycles. The molecule has 0 N–H and O–H groups in total. The number of hydrogen-bond acceptors (Lipinski definition) is 3. The second-order valence-electron chi connectivity index (χ2n) is 7.40. The van der Waals surface area contributed by atoms with Gasteiger partial charge in [0.2, 0.25) is 5.91 Å². The maximum atomic E-state index is 12.9. The summed E-state index contributed by atoms with van der Waals surface area (Å²) in [4.78, 5) is 27.0. The van der Waals surface area contributed by atoms with E-state index >= 15 is 0 Å². The predicted octanol–water partition coefficient (Wildman–Crippen LogP) is 3.29. The van der Waals surface area contributed by atoms with Gasteiger partial charge in [0.15, 0.2) is 0 Å². The zero-order chi connectivity index (χ0) is 15.5. The number of fused-ring (bicyclic) bond motifs is 1. The largest absolute Gasteiger partial charge is 0.467 e. The average Bonchev–Trinajstić information content (AvgIpc) is 2.94. The Hall–Kier alpha value is -1.06. The van der Waals surface area contributed by atoms with E-state index in [1.807, 2.05) is 4.90 Å². The summed E-state index contributed by atoms with van der Waals surface area (Å²) in [5.41, 5.74) is 0. The number of nitrogens with zero attached hydrogens (tertiary/aromatic N) is 1. The van der Waals surface area contributed by atoms with Crippen LogP contribution >= 0.6 is 0 Å². The van der Waals surface area contributed by atoms with Crippen LogP contribution in [-0.2, 0) is 14.3 Å². The Morgan fingerprint density at radius 3 is 2.41 bits per heavy atom. The van der Waals surface area contributed by atoms with Gasteiger partial charge in [0, 0.05) is 12.5 Å². The van der Waals surface area contributed by atoms with E-state index in [2.05, 4.69) is 0 Å².